The molecule has 0 radical (unpaired) electrons. The lowest BCUT2D eigenvalue weighted by Crippen LogP contribution is -2.57. The average molecular weight is 481 g/mol. The molecule has 0 fully saturated rings. The van der Waals surface area contributed by atoms with Crippen molar-refractivity contribution in [2.45, 2.75) is 39.5 Å². The monoisotopic (exact) mass is 480 g/mol. The molecule has 0 saturated carbocycles. The molecule has 0 heterocycles. The van der Waals surface area contributed by atoms with Crippen LogP contribution in [0.25, 0.3) is 0 Å². The number of ether oxygens (including phenoxy) is 4. The Bertz CT molecular complexity index is 841. The van der Waals surface area contributed by atoms with Crippen LogP contribution in [0.2, 0.25) is 0 Å². The van der Waals surface area contributed by atoms with Crippen molar-refractivity contribution in [1.29, 1.82) is 0 Å². The second-order valence-electron chi connectivity index (χ2n) is 7.82. The minimum Gasteiger partial charge on any atom is -0.468 e. The highest BCUT2D eigenvalue weighted by molar-refractivity contribution is 5.97. The van der Waals surface area contributed by atoms with Crippen molar-refractivity contribution in [2.24, 2.45) is 17.8 Å². The van der Waals surface area contributed by atoms with Gasteiger partial charge in [-0.3, -0.25) is 14.4 Å². The van der Waals surface area contributed by atoms with E-state index in [0.717, 1.165) is 26.9 Å². The molecular weight excluding hydrogens is 448 g/mol. The van der Waals surface area contributed by atoms with Crippen molar-refractivity contribution in [3.63, 3.8) is 0 Å². The molecule has 34 heavy (non-hydrogen) atoms. The number of hydrogen-bond acceptors (Lipinski definition) is 9. The summed E-state index contributed by atoms with van der Waals surface area (Å²) in [5.74, 6) is -6.49. The molecule has 0 aliphatic rings. The zero-order valence-electron chi connectivity index (χ0n) is 20.2. The second kappa shape index (κ2) is 13.8. The summed E-state index contributed by atoms with van der Waals surface area (Å²) in [6, 6.07) is 6.48. The largest absolute Gasteiger partial charge is 0.468 e. The van der Waals surface area contributed by atoms with Crippen molar-refractivity contribution in [3.8, 4) is 0 Å². The van der Waals surface area contributed by atoms with Gasteiger partial charge in [-0.1, -0.05) is 51.1 Å². The van der Waals surface area contributed by atoms with Crippen molar-refractivity contribution >= 4 is 29.9 Å². The van der Waals surface area contributed by atoms with Gasteiger partial charge in [0.2, 0.25) is 5.91 Å². The molecule has 1 aromatic rings. The van der Waals surface area contributed by atoms with Crippen molar-refractivity contribution in [3.05, 3.63) is 35.9 Å². The van der Waals surface area contributed by atoms with Gasteiger partial charge in [-0.2, -0.15) is 0 Å². The van der Waals surface area contributed by atoms with Gasteiger partial charge in [0.1, 0.15) is 18.7 Å². The lowest BCUT2D eigenvalue weighted by molar-refractivity contribution is -0.163. The third kappa shape index (κ3) is 8.05. The molecule has 3 atom stereocenters. The number of carbonyl (C=O) groups is 5. The zero-order valence-corrected chi connectivity index (χ0v) is 20.2. The number of rotatable bonds is 11. The minimum absolute atomic E-state index is 0.000859. The summed E-state index contributed by atoms with van der Waals surface area (Å²) in [5, 5.41) is 4.94. The molecule has 1 rings (SSSR count). The van der Waals surface area contributed by atoms with E-state index in [2.05, 4.69) is 20.1 Å². The summed E-state index contributed by atoms with van der Waals surface area (Å²) < 4.78 is 19.2. The van der Waals surface area contributed by atoms with Gasteiger partial charge in [-0.05, 0) is 11.5 Å². The lowest BCUT2D eigenvalue weighted by atomic mass is 9.86. The molecule has 0 spiro atoms. The van der Waals surface area contributed by atoms with Crippen LogP contribution in [0, 0.1) is 17.8 Å². The van der Waals surface area contributed by atoms with Crippen LogP contribution >= 0.6 is 0 Å². The Balaban J connectivity index is 3.00. The highest BCUT2D eigenvalue weighted by atomic mass is 16.6. The fraction of sp³-hybridized carbons (Fsp3) is 0.522. The van der Waals surface area contributed by atoms with Crippen molar-refractivity contribution in [1.82, 2.24) is 10.6 Å². The Labute approximate surface area is 198 Å². The minimum atomic E-state index is -1.50. The smallest absolute Gasteiger partial charge is 0.408 e. The summed E-state index contributed by atoms with van der Waals surface area (Å²) >= 11 is 0. The normalized spacial score (nSPS) is 13.3. The van der Waals surface area contributed by atoms with E-state index in [4.69, 9.17) is 9.47 Å². The van der Waals surface area contributed by atoms with E-state index in [9.17, 15) is 24.0 Å². The number of amides is 2. The van der Waals surface area contributed by atoms with E-state index in [1.807, 2.05) is 6.07 Å². The molecule has 188 valence electrons. The highest BCUT2D eigenvalue weighted by Gasteiger charge is 2.43. The van der Waals surface area contributed by atoms with Crippen LogP contribution in [0.1, 0.15) is 26.3 Å². The molecule has 11 nitrogen and oxygen atoms in total. The first-order chi connectivity index (χ1) is 16.1. The number of hydrogen-bond donors (Lipinski definition) is 2. The Morgan fingerprint density at radius 1 is 0.765 bits per heavy atom. The highest BCUT2D eigenvalue weighted by Crippen LogP contribution is 2.21. The molecule has 0 aliphatic heterocycles. The molecule has 2 N–H and O–H groups in total. The molecule has 2 amide bonds. The molecule has 0 saturated heterocycles. The van der Waals surface area contributed by atoms with E-state index in [1.54, 1.807) is 38.1 Å². The standard InChI is InChI=1S/C23H32N2O9/c1-13(2)17(25-23(30)34-12-15-10-8-7-9-11-15)19(26)24-18(22(29)33-6)14(3)16(20(27)31-4)21(28)32-5/h7-11,13-14,16-18H,12H2,1-6H3,(H,24,26)(H,25,30)/t14-,17+,18+/m1/s1. The number of esters is 3. The fourth-order valence-electron chi connectivity index (χ4n) is 3.17. The van der Waals surface area contributed by atoms with Gasteiger partial charge in [0.15, 0.2) is 5.92 Å². The first-order valence-electron chi connectivity index (χ1n) is 10.6. The first-order valence-corrected chi connectivity index (χ1v) is 10.6. The molecule has 11 heteroatoms. The number of alkyl carbamates (subject to hydrolysis) is 1. The molecule has 0 unspecified atom stereocenters. The summed E-state index contributed by atoms with van der Waals surface area (Å²) in [5.41, 5.74) is 0.763. The maximum atomic E-state index is 13.0. The van der Waals surface area contributed by atoms with Crippen LogP contribution in [-0.4, -0.2) is 63.3 Å². The van der Waals surface area contributed by atoms with Crippen LogP contribution in [-0.2, 0) is 44.7 Å². The van der Waals surface area contributed by atoms with Crippen LogP contribution in [0.15, 0.2) is 30.3 Å². The Kier molecular flexibility index (Phi) is 11.5. The SMILES string of the molecule is COC(=O)C(C(=O)OC)[C@@H](C)[C@H](NC(=O)[C@@H](NC(=O)OCc1ccccc1)C(C)C)C(=O)OC. The van der Waals surface area contributed by atoms with Gasteiger partial charge < -0.3 is 29.6 Å². The van der Waals surface area contributed by atoms with E-state index >= 15 is 0 Å². The number of nitrogens with one attached hydrogen (secondary N) is 2. The van der Waals surface area contributed by atoms with Gasteiger partial charge in [0.25, 0.3) is 0 Å². The van der Waals surface area contributed by atoms with E-state index in [1.165, 1.54) is 6.92 Å². The third-order valence-electron chi connectivity index (χ3n) is 5.15. The van der Waals surface area contributed by atoms with Crippen molar-refractivity contribution < 1.29 is 42.9 Å². The van der Waals surface area contributed by atoms with Crippen LogP contribution in [0.5, 0.6) is 0 Å². The second-order valence-corrected chi connectivity index (χ2v) is 7.82. The zero-order chi connectivity index (χ0) is 25.8. The van der Waals surface area contributed by atoms with Crippen LogP contribution < -0.4 is 10.6 Å². The fourth-order valence-corrected chi connectivity index (χ4v) is 3.17. The molecular formula is C23H32N2O9. The molecule has 0 aliphatic carbocycles. The molecule has 0 bridgehead atoms. The van der Waals surface area contributed by atoms with Gasteiger partial charge in [-0.25, -0.2) is 9.59 Å². The summed E-state index contributed by atoms with van der Waals surface area (Å²) in [4.78, 5) is 62.1. The Morgan fingerprint density at radius 3 is 1.76 bits per heavy atom. The van der Waals surface area contributed by atoms with Gasteiger partial charge >= 0.3 is 24.0 Å². The maximum Gasteiger partial charge on any atom is 0.408 e. The predicted octanol–water partition coefficient (Wildman–Crippen LogP) is 1.19. The van der Waals surface area contributed by atoms with Crippen LogP contribution in [0.4, 0.5) is 4.79 Å². The molecule has 0 aromatic heterocycles. The van der Waals surface area contributed by atoms with Crippen LogP contribution in [0.3, 0.4) is 0 Å². The van der Waals surface area contributed by atoms with Crippen molar-refractivity contribution in [2.75, 3.05) is 21.3 Å². The lowest BCUT2D eigenvalue weighted by Gasteiger charge is -2.29. The average Bonchev–Trinajstić information content (AvgIpc) is 2.83. The summed E-state index contributed by atoms with van der Waals surface area (Å²) in [7, 11) is 3.26. The summed E-state index contributed by atoms with van der Waals surface area (Å²) in [6.45, 7) is 4.77. The summed E-state index contributed by atoms with van der Waals surface area (Å²) in [6.07, 6.45) is -0.831. The molecule has 1 aromatic carbocycles. The quantitative estimate of drug-likeness (QED) is 0.271. The van der Waals surface area contributed by atoms with E-state index in [-0.39, 0.29) is 6.61 Å². The third-order valence-corrected chi connectivity index (χ3v) is 5.15. The number of methoxy groups -OCH3 is 3. The first kappa shape index (κ1) is 28.4. The van der Waals surface area contributed by atoms with Gasteiger partial charge in [0, 0.05) is 5.92 Å². The van der Waals surface area contributed by atoms with E-state index < -0.39 is 59.7 Å². The number of benzene rings is 1. The Morgan fingerprint density at radius 2 is 1.29 bits per heavy atom. The topological polar surface area (TPSA) is 146 Å². The number of carbonyl (C=O) groups excluding carboxylic acids is 5. The van der Waals surface area contributed by atoms with Gasteiger partial charge in [0.05, 0.1) is 21.3 Å². The predicted molar refractivity (Wildman–Crippen MR) is 119 cm³/mol. The Hall–Kier alpha value is -3.63. The van der Waals surface area contributed by atoms with E-state index in [0.29, 0.717) is 0 Å². The maximum absolute atomic E-state index is 13.0. The van der Waals surface area contributed by atoms with Gasteiger partial charge in [-0.15, -0.1) is 0 Å².